The molecular weight excluding hydrogens is 279 g/mol. The summed E-state index contributed by atoms with van der Waals surface area (Å²) in [6, 6.07) is 2.89. The third-order valence-corrected chi connectivity index (χ3v) is 2.17. The van der Waals surface area contributed by atoms with Crippen LogP contribution in [0.5, 0.6) is 0 Å². The van der Waals surface area contributed by atoms with Gasteiger partial charge >= 0.3 is 5.51 Å². The Morgan fingerprint density at radius 2 is 2.12 bits per heavy atom. The molecule has 17 heavy (non-hydrogen) atoms. The van der Waals surface area contributed by atoms with Gasteiger partial charge in [-0.2, -0.15) is 13.2 Å². The van der Waals surface area contributed by atoms with Gasteiger partial charge in [0.15, 0.2) is 0 Å². The molecule has 1 aromatic heterocycles. The second-order valence-corrected chi connectivity index (χ2v) is 3.79. The summed E-state index contributed by atoms with van der Waals surface area (Å²) >= 11 is -0.393. The first-order valence-electron chi connectivity index (χ1n) is 4.09. The van der Waals surface area contributed by atoms with Crippen LogP contribution >= 0.6 is 24.2 Å². The van der Waals surface area contributed by atoms with Crippen molar-refractivity contribution in [1.82, 2.24) is 4.98 Å². The van der Waals surface area contributed by atoms with Crippen LogP contribution in [0.4, 0.5) is 24.7 Å². The highest BCUT2D eigenvalue weighted by atomic mass is 35.5. The number of alkyl halides is 3. The Labute approximate surface area is 106 Å². The Kier molecular flexibility index (Phi) is 6.11. The number of carbonyl (C=O) groups is 1. The Morgan fingerprint density at radius 3 is 2.59 bits per heavy atom. The Balaban J connectivity index is 0.00000256. The van der Waals surface area contributed by atoms with Gasteiger partial charge in [-0.15, -0.1) is 12.4 Å². The number of rotatable bonds is 3. The first-order chi connectivity index (χ1) is 7.37. The van der Waals surface area contributed by atoms with Crippen molar-refractivity contribution in [2.24, 2.45) is 0 Å². The van der Waals surface area contributed by atoms with E-state index >= 15 is 0 Å². The normalized spacial score (nSPS) is 10.5. The van der Waals surface area contributed by atoms with Gasteiger partial charge in [0.05, 0.1) is 17.6 Å². The maximum atomic E-state index is 11.8. The predicted octanol–water partition coefficient (Wildman–Crippen LogP) is 2.28. The van der Waals surface area contributed by atoms with Gasteiger partial charge in [0.2, 0.25) is 5.91 Å². The van der Waals surface area contributed by atoms with E-state index in [-0.39, 0.29) is 18.2 Å². The molecule has 0 saturated carbocycles. The average molecular weight is 288 g/mol. The number of aromatic nitrogens is 1. The fourth-order valence-electron chi connectivity index (χ4n) is 0.824. The van der Waals surface area contributed by atoms with Crippen LogP contribution < -0.4 is 11.1 Å². The molecule has 0 spiro atoms. The van der Waals surface area contributed by atoms with Crippen molar-refractivity contribution in [3.05, 3.63) is 18.3 Å². The monoisotopic (exact) mass is 287 g/mol. The van der Waals surface area contributed by atoms with E-state index in [1.165, 1.54) is 18.3 Å². The molecule has 0 bridgehead atoms. The van der Waals surface area contributed by atoms with Crippen molar-refractivity contribution >= 4 is 41.6 Å². The molecule has 0 aliphatic rings. The number of hydrogen-bond donors (Lipinski definition) is 2. The molecule has 0 aromatic carbocycles. The molecular formula is C8H9ClF3N3OS. The van der Waals surface area contributed by atoms with E-state index in [0.29, 0.717) is 5.69 Å². The van der Waals surface area contributed by atoms with E-state index in [0.717, 1.165) is 0 Å². The van der Waals surface area contributed by atoms with Gasteiger partial charge in [-0.3, -0.25) is 4.79 Å². The second-order valence-electron chi connectivity index (χ2n) is 2.75. The number of amides is 1. The maximum Gasteiger partial charge on any atom is 0.442 e. The summed E-state index contributed by atoms with van der Waals surface area (Å²) in [6.07, 6.45) is 1.27. The third kappa shape index (κ3) is 6.90. The van der Waals surface area contributed by atoms with Gasteiger partial charge in [0.1, 0.15) is 5.82 Å². The predicted molar refractivity (Wildman–Crippen MR) is 63.0 cm³/mol. The lowest BCUT2D eigenvalue weighted by molar-refractivity contribution is -0.114. The molecule has 0 saturated heterocycles. The minimum absolute atomic E-state index is 0. The maximum absolute atomic E-state index is 11.8. The lowest BCUT2D eigenvalue weighted by Crippen LogP contribution is -2.17. The second kappa shape index (κ2) is 6.55. The Hall–Kier alpha value is -1.15. The van der Waals surface area contributed by atoms with Gasteiger partial charge in [-0.1, -0.05) is 0 Å². The summed E-state index contributed by atoms with van der Waals surface area (Å²) in [4.78, 5) is 14.7. The number of hydrogen-bond acceptors (Lipinski definition) is 4. The number of nitrogens with zero attached hydrogens (tertiary/aromatic N) is 1. The quantitative estimate of drug-likeness (QED) is 0.895. The Bertz CT molecular complexity index is 371. The van der Waals surface area contributed by atoms with Crippen LogP contribution in [0, 0.1) is 0 Å². The van der Waals surface area contributed by atoms with Gasteiger partial charge in [-0.25, -0.2) is 4.98 Å². The highest BCUT2D eigenvalue weighted by molar-refractivity contribution is 8.00. The van der Waals surface area contributed by atoms with Gasteiger partial charge in [-0.05, 0) is 23.9 Å². The fraction of sp³-hybridized carbons (Fsp3) is 0.250. The molecule has 0 aliphatic carbocycles. The first-order valence-corrected chi connectivity index (χ1v) is 5.07. The van der Waals surface area contributed by atoms with Gasteiger partial charge < -0.3 is 11.1 Å². The van der Waals surface area contributed by atoms with Crippen molar-refractivity contribution in [3.8, 4) is 0 Å². The summed E-state index contributed by atoms with van der Waals surface area (Å²) in [5, 5.41) is 2.26. The Morgan fingerprint density at radius 1 is 1.47 bits per heavy atom. The molecule has 1 rings (SSSR count). The lowest BCUT2D eigenvalue weighted by atomic mass is 10.4. The summed E-state index contributed by atoms with van der Waals surface area (Å²) in [7, 11) is 0. The van der Waals surface area contributed by atoms with E-state index in [4.69, 9.17) is 5.73 Å². The summed E-state index contributed by atoms with van der Waals surface area (Å²) < 4.78 is 35.3. The van der Waals surface area contributed by atoms with Crippen molar-refractivity contribution in [1.29, 1.82) is 0 Å². The zero-order valence-electron chi connectivity index (χ0n) is 8.32. The molecule has 9 heteroatoms. The SMILES string of the molecule is Cl.Nc1ccc(NC(=O)CSC(F)(F)F)cn1. The highest BCUT2D eigenvalue weighted by Gasteiger charge is 2.29. The van der Waals surface area contributed by atoms with Gasteiger partial charge in [0.25, 0.3) is 0 Å². The van der Waals surface area contributed by atoms with Crippen LogP contribution in [0.2, 0.25) is 0 Å². The van der Waals surface area contributed by atoms with E-state index in [2.05, 4.69) is 10.3 Å². The minimum Gasteiger partial charge on any atom is -0.384 e. The van der Waals surface area contributed by atoms with Crippen LogP contribution in [0.1, 0.15) is 0 Å². The zero-order valence-corrected chi connectivity index (χ0v) is 9.96. The van der Waals surface area contributed by atoms with Crippen LogP contribution in [0.15, 0.2) is 18.3 Å². The summed E-state index contributed by atoms with van der Waals surface area (Å²) in [6.45, 7) is 0. The van der Waals surface area contributed by atoms with Crippen molar-refractivity contribution in [3.63, 3.8) is 0 Å². The molecule has 3 N–H and O–H groups in total. The number of carbonyl (C=O) groups excluding carboxylic acids is 1. The molecule has 0 fully saturated rings. The number of thioether (sulfide) groups is 1. The number of anilines is 2. The number of halogens is 4. The smallest absolute Gasteiger partial charge is 0.384 e. The lowest BCUT2D eigenvalue weighted by Gasteiger charge is -2.06. The van der Waals surface area contributed by atoms with E-state index in [9.17, 15) is 18.0 Å². The first kappa shape index (κ1) is 15.9. The number of nitrogen functional groups attached to an aromatic ring is 1. The molecule has 1 heterocycles. The van der Waals surface area contributed by atoms with E-state index < -0.39 is 28.9 Å². The summed E-state index contributed by atoms with van der Waals surface area (Å²) in [5.74, 6) is -1.16. The van der Waals surface area contributed by atoms with E-state index in [1.807, 2.05) is 0 Å². The van der Waals surface area contributed by atoms with Crippen LogP contribution in [0.3, 0.4) is 0 Å². The molecule has 1 amide bonds. The third-order valence-electron chi connectivity index (χ3n) is 1.44. The summed E-state index contributed by atoms with van der Waals surface area (Å²) in [5.41, 5.74) is 1.20. The highest BCUT2D eigenvalue weighted by Crippen LogP contribution is 2.29. The molecule has 4 nitrogen and oxygen atoms in total. The van der Waals surface area contributed by atoms with Crippen molar-refractivity contribution < 1.29 is 18.0 Å². The standard InChI is InChI=1S/C8H8F3N3OS.ClH/c9-8(10,11)16-4-7(15)14-5-1-2-6(12)13-3-5;/h1-3H,4H2,(H2,12,13)(H,14,15);1H. The average Bonchev–Trinajstić information content (AvgIpc) is 2.18. The molecule has 96 valence electrons. The number of nitrogens with two attached hydrogens (primary N) is 1. The molecule has 0 radical (unpaired) electrons. The molecule has 1 aromatic rings. The van der Waals surface area contributed by atoms with Crippen LogP contribution in [-0.2, 0) is 4.79 Å². The molecule has 0 aliphatic heterocycles. The van der Waals surface area contributed by atoms with Gasteiger partial charge in [0, 0.05) is 0 Å². The minimum atomic E-state index is -4.41. The molecule has 0 atom stereocenters. The zero-order chi connectivity index (χ0) is 12.2. The van der Waals surface area contributed by atoms with E-state index in [1.54, 1.807) is 0 Å². The van der Waals surface area contributed by atoms with Crippen LogP contribution in [0.25, 0.3) is 0 Å². The van der Waals surface area contributed by atoms with Crippen molar-refractivity contribution in [2.75, 3.05) is 16.8 Å². The van der Waals surface area contributed by atoms with Crippen molar-refractivity contribution in [2.45, 2.75) is 5.51 Å². The van der Waals surface area contributed by atoms with Crippen LogP contribution in [-0.4, -0.2) is 22.2 Å². The molecule has 0 unspecified atom stereocenters. The topological polar surface area (TPSA) is 68.0 Å². The number of nitrogens with one attached hydrogen (secondary N) is 1. The largest absolute Gasteiger partial charge is 0.442 e. The number of pyridine rings is 1. The fourth-order valence-corrected chi connectivity index (χ4v) is 1.19.